The molecule has 0 unspecified atom stereocenters. The normalized spacial score (nSPS) is 18.0. The second-order valence-corrected chi connectivity index (χ2v) is 6.99. The average Bonchev–Trinajstić information content (AvgIpc) is 3.15. The summed E-state index contributed by atoms with van der Waals surface area (Å²) in [5, 5.41) is 6.92. The lowest BCUT2D eigenvalue weighted by Crippen LogP contribution is -2.48. The SMILES string of the molecule is CC(C)(C)NC(=O)N1CCC[C@H]1c1nc(-c2ccc(F)cc2)no1. The standard InChI is InChI=1S/C17H21FN4O2/c1-17(2,3)20-16(23)22-10-4-5-13(22)15-19-14(21-24-15)11-6-8-12(18)9-7-11/h6-9,13H,4-5,10H2,1-3H3,(H,20,23)/t13-/m0/s1. The van der Waals surface area contributed by atoms with Crippen molar-refractivity contribution in [2.24, 2.45) is 0 Å². The maximum absolute atomic E-state index is 13.0. The number of hydrogen-bond donors (Lipinski definition) is 1. The van der Waals surface area contributed by atoms with Crippen molar-refractivity contribution >= 4 is 6.03 Å². The van der Waals surface area contributed by atoms with E-state index in [-0.39, 0.29) is 23.4 Å². The molecule has 1 aromatic carbocycles. The van der Waals surface area contributed by atoms with Gasteiger partial charge in [-0.3, -0.25) is 0 Å². The molecule has 1 N–H and O–H groups in total. The van der Waals surface area contributed by atoms with Crippen LogP contribution in [0.3, 0.4) is 0 Å². The van der Waals surface area contributed by atoms with Gasteiger partial charge in [-0.25, -0.2) is 9.18 Å². The zero-order valence-corrected chi connectivity index (χ0v) is 14.0. The minimum Gasteiger partial charge on any atom is -0.337 e. The molecule has 2 amide bonds. The van der Waals surface area contributed by atoms with E-state index in [1.54, 1.807) is 17.0 Å². The fourth-order valence-electron chi connectivity index (χ4n) is 2.75. The zero-order chi connectivity index (χ0) is 17.3. The van der Waals surface area contributed by atoms with E-state index < -0.39 is 0 Å². The van der Waals surface area contributed by atoms with Crippen LogP contribution in [0.4, 0.5) is 9.18 Å². The van der Waals surface area contributed by atoms with Crippen LogP contribution in [-0.4, -0.2) is 33.2 Å². The molecule has 1 fully saturated rings. The molecule has 1 atom stereocenters. The van der Waals surface area contributed by atoms with Gasteiger partial charge >= 0.3 is 6.03 Å². The van der Waals surface area contributed by atoms with Crippen molar-refractivity contribution in [1.29, 1.82) is 0 Å². The first-order chi connectivity index (χ1) is 11.3. The molecule has 3 rings (SSSR count). The topological polar surface area (TPSA) is 71.3 Å². The summed E-state index contributed by atoms with van der Waals surface area (Å²) in [7, 11) is 0. The van der Waals surface area contributed by atoms with Crippen molar-refractivity contribution in [2.45, 2.75) is 45.2 Å². The Morgan fingerprint density at radius 1 is 1.33 bits per heavy atom. The number of carbonyl (C=O) groups is 1. The smallest absolute Gasteiger partial charge is 0.318 e. The second-order valence-electron chi connectivity index (χ2n) is 6.99. The summed E-state index contributed by atoms with van der Waals surface area (Å²) in [6, 6.07) is 5.54. The van der Waals surface area contributed by atoms with Gasteiger partial charge in [0.1, 0.15) is 11.9 Å². The average molecular weight is 332 g/mol. The quantitative estimate of drug-likeness (QED) is 0.913. The van der Waals surface area contributed by atoms with Gasteiger partial charge < -0.3 is 14.7 Å². The van der Waals surface area contributed by atoms with E-state index >= 15 is 0 Å². The lowest BCUT2D eigenvalue weighted by molar-refractivity contribution is 0.172. The van der Waals surface area contributed by atoms with Crippen LogP contribution in [0.1, 0.15) is 45.5 Å². The van der Waals surface area contributed by atoms with E-state index in [0.29, 0.717) is 23.8 Å². The third-order valence-corrected chi connectivity index (χ3v) is 3.82. The number of benzene rings is 1. The molecule has 0 bridgehead atoms. The first-order valence-electron chi connectivity index (χ1n) is 8.02. The van der Waals surface area contributed by atoms with Gasteiger partial charge in [0.15, 0.2) is 0 Å². The van der Waals surface area contributed by atoms with Gasteiger partial charge in [0.05, 0.1) is 0 Å². The van der Waals surface area contributed by atoms with Gasteiger partial charge in [0.25, 0.3) is 0 Å². The van der Waals surface area contributed by atoms with Gasteiger partial charge in [-0.15, -0.1) is 0 Å². The number of carbonyl (C=O) groups excluding carboxylic acids is 1. The molecule has 0 radical (unpaired) electrons. The summed E-state index contributed by atoms with van der Waals surface area (Å²) < 4.78 is 18.4. The van der Waals surface area contributed by atoms with Crippen molar-refractivity contribution < 1.29 is 13.7 Å². The van der Waals surface area contributed by atoms with E-state index in [2.05, 4.69) is 15.5 Å². The number of halogens is 1. The molecule has 1 saturated heterocycles. The molecule has 2 heterocycles. The fraction of sp³-hybridized carbons (Fsp3) is 0.471. The minimum atomic E-state index is -0.316. The van der Waals surface area contributed by atoms with Gasteiger partial charge in [-0.05, 0) is 57.9 Å². The number of nitrogens with zero attached hydrogens (tertiary/aromatic N) is 3. The number of urea groups is 1. The number of likely N-dealkylation sites (tertiary alicyclic amines) is 1. The van der Waals surface area contributed by atoms with Crippen LogP contribution in [0.15, 0.2) is 28.8 Å². The van der Waals surface area contributed by atoms with Crippen LogP contribution in [-0.2, 0) is 0 Å². The Bertz CT molecular complexity index is 721. The zero-order valence-electron chi connectivity index (χ0n) is 14.0. The summed E-state index contributed by atoms with van der Waals surface area (Å²) in [5.41, 5.74) is 0.369. The monoisotopic (exact) mass is 332 g/mol. The van der Waals surface area contributed by atoms with Crippen molar-refractivity contribution in [1.82, 2.24) is 20.4 Å². The van der Waals surface area contributed by atoms with Crippen LogP contribution < -0.4 is 5.32 Å². The number of rotatable bonds is 2. The molecule has 6 nitrogen and oxygen atoms in total. The third-order valence-electron chi connectivity index (χ3n) is 3.82. The first-order valence-corrected chi connectivity index (χ1v) is 8.02. The van der Waals surface area contributed by atoms with Crippen LogP contribution in [0, 0.1) is 5.82 Å². The van der Waals surface area contributed by atoms with E-state index in [1.165, 1.54) is 12.1 Å². The number of amides is 2. The number of nitrogens with one attached hydrogen (secondary N) is 1. The van der Waals surface area contributed by atoms with Gasteiger partial charge in [0.2, 0.25) is 11.7 Å². The molecular formula is C17H21FN4O2. The third kappa shape index (κ3) is 3.55. The predicted molar refractivity (Wildman–Crippen MR) is 86.7 cm³/mol. The molecule has 2 aromatic rings. The number of aromatic nitrogens is 2. The lowest BCUT2D eigenvalue weighted by Gasteiger charge is -2.28. The summed E-state index contributed by atoms with van der Waals surface area (Å²) in [5.74, 6) is 0.493. The van der Waals surface area contributed by atoms with Crippen molar-refractivity contribution in [2.75, 3.05) is 6.54 Å². The van der Waals surface area contributed by atoms with E-state index in [4.69, 9.17) is 4.52 Å². The van der Waals surface area contributed by atoms with Gasteiger partial charge in [0, 0.05) is 17.6 Å². The maximum Gasteiger partial charge on any atom is 0.318 e. The van der Waals surface area contributed by atoms with Crippen LogP contribution in [0.2, 0.25) is 0 Å². The minimum absolute atomic E-state index is 0.133. The Labute approximate surface area is 140 Å². The summed E-state index contributed by atoms with van der Waals surface area (Å²) >= 11 is 0. The van der Waals surface area contributed by atoms with Crippen LogP contribution >= 0.6 is 0 Å². The lowest BCUT2D eigenvalue weighted by atomic mass is 10.1. The summed E-state index contributed by atoms with van der Waals surface area (Å²) in [6.45, 7) is 6.47. The van der Waals surface area contributed by atoms with Crippen LogP contribution in [0.25, 0.3) is 11.4 Å². The summed E-state index contributed by atoms with van der Waals surface area (Å²) in [4.78, 5) is 18.6. The molecule has 24 heavy (non-hydrogen) atoms. The van der Waals surface area contributed by atoms with Gasteiger partial charge in [-0.1, -0.05) is 5.16 Å². The second kappa shape index (κ2) is 6.22. The molecule has 0 saturated carbocycles. The molecule has 1 aliphatic heterocycles. The Balaban J connectivity index is 1.78. The Morgan fingerprint density at radius 3 is 2.71 bits per heavy atom. The highest BCUT2D eigenvalue weighted by molar-refractivity contribution is 5.75. The number of hydrogen-bond acceptors (Lipinski definition) is 4. The van der Waals surface area contributed by atoms with Crippen molar-refractivity contribution in [3.63, 3.8) is 0 Å². The molecule has 128 valence electrons. The Hall–Kier alpha value is -2.44. The van der Waals surface area contributed by atoms with E-state index in [0.717, 1.165) is 12.8 Å². The Morgan fingerprint density at radius 2 is 2.04 bits per heavy atom. The molecule has 1 aliphatic rings. The van der Waals surface area contributed by atoms with Gasteiger partial charge in [-0.2, -0.15) is 4.98 Å². The molecule has 1 aromatic heterocycles. The molecule has 0 aliphatic carbocycles. The fourth-order valence-corrected chi connectivity index (χ4v) is 2.75. The molecule has 0 spiro atoms. The summed E-state index contributed by atoms with van der Waals surface area (Å²) in [6.07, 6.45) is 1.67. The van der Waals surface area contributed by atoms with E-state index in [9.17, 15) is 9.18 Å². The maximum atomic E-state index is 13.0. The highest BCUT2D eigenvalue weighted by Crippen LogP contribution is 2.32. The highest BCUT2D eigenvalue weighted by atomic mass is 19.1. The van der Waals surface area contributed by atoms with E-state index in [1.807, 2.05) is 20.8 Å². The molecule has 7 heteroatoms. The Kier molecular flexibility index (Phi) is 4.26. The van der Waals surface area contributed by atoms with Crippen molar-refractivity contribution in [3.8, 4) is 11.4 Å². The predicted octanol–water partition coefficient (Wildman–Crippen LogP) is 3.52. The van der Waals surface area contributed by atoms with Crippen molar-refractivity contribution in [3.05, 3.63) is 36.0 Å². The largest absolute Gasteiger partial charge is 0.337 e. The molecular weight excluding hydrogens is 311 g/mol. The van der Waals surface area contributed by atoms with Crippen LogP contribution in [0.5, 0.6) is 0 Å². The highest BCUT2D eigenvalue weighted by Gasteiger charge is 2.35. The first kappa shape index (κ1) is 16.4.